The third-order valence-corrected chi connectivity index (χ3v) is 4.12. The summed E-state index contributed by atoms with van der Waals surface area (Å²) < 4.78 is 17.9. The molecule has 0 saturated heterocycles. The van der Waals surface area contributed by atoms with E-state index in [1.807, 2.05) is 6.07 Å². The van der Waals surface area contributed by atoms with Crippen LogP contribution in [0.3, 0.4) is 0 Å². The first kappa shape index (κ1) is 18.0. The summed E-state index contributed by atoms with van der Waals surface area (Å²) in [5, 5.41) is 2.68. The Morgan fingerprint density at radius 2 is 1.79 bits per heavy atom. The van der Waals surface area contributed by atoms with Crippen molar-refractivity contribution in [1.29, 1.82) is 0 Å². The normalized spacial score (nSPS) is 11.6. The van der Waals surface area contributed by atoms with Gasteiger partial charge in [-0.2, -0.15) is 0 Å². The number of benzene rings is 2. The zero-order chi connectivity index (χ0) is 17.4. The highest BCUT2D eigenvalue weighted by Gasteiger charge is 2.17. The van der Waals surface area contributed by atoms with Crippen molar-refractivity contribution in [3.05, 3.63) is 60.4 Å². The summed E-state index contributed by atoms with van der Waals surface area (Å²) in [5.74, 6) is -0.615. The number of rotatable bonds is 7. The predicted molar refractivity (Wildman–Crippen MR) is 92.4 cm³/mol. The average Bonchev–Trinajstić information content (AvgIpc) is 2.57. The molecule has 0 bridgehead atoms. The van der Waals surface area contributed by atoms with Crippen LogP contribution in [-0.4, -0.2) is 23.7 Å². The van der Waals surface area contributed by atoms with Gasteiger partial charge >= 0.3 is 5.97 Å². The Labute approximate surface area is 144 Å². The van der Waals surface area contributed by atoms with Gasteiger partial charge in [-0.05, 0) is 43.3 Å². The fourth-order valence-electron chi connectivity index (χ4n) is 1.86. The van der Waals surface area contributed by atoms with Crippen LogP contribution in [0.1, 0.15) is 13.3 Å². The van der Waals surface area contributed by atoms with Crippen molar-refractivity contribution in [1.82, 2.24) is 0 Å². The number of amides is 1. The molecule has 1 atom stereocenters. The SMILES string of the molecule is C[C@@H](OC(=O)CCSc1ccc(F)cc1)C(=O)Nc1ccccc1. The zero-order valence-corrected chi connectivity index (χ0v) is 14.0. The largest absolute Gasteiger partial charge is 0.453 e. The quantitative estimate of drug-likeness (QED) is 0.610. The van der Waals surface area contributed by atoms with Gasteiger partial charge in [0.2, 0.25) is 0 Å². The van der Waals surface area contributed by atoms with E-state index < -0.39 is 12.1 Å². The van der Waals surface area contributed by atoms with E-state index in [1.54, 1.807) is 36.4 Å². The van der Waals surface area contributed by atoms with E-state index >= 15 is 0 Å². The number of carbonyl (C=O) groups is 2. The first-order valence-electron chi connectivity index (χ1n) is 7.48. The molecule has 6 heteroatoms. The van der Waals surface area contributed by atoms with E-state index in [1.165, 1.54) is 30.8 Å². The number of esters is 1. The molecule has 0 unspecified atom stereocenters. The molecule has 2 aromatic carbocycles. The number of carbonyl (C=O) groups excluding carboxylic acids is 2. The summed E-state index contributed by atoms with van der Waals surface area (Å²) in [6, 6.07) is 15.0. The van der Waals surface area contributed by atoms with E-state index in [2.05, 4.69) is 5.32 Å². The second-order valence-electron chi connectivity index (χ2n) is 5.04. The summed E-state index contributed by atoms with van der Waals surface area (Å²) in [7, 11) is 0. The van der Waals surface area contributed by atoms with Gasteiger partial charge in [0.05, 0.1) is 6.42 Å². The molecular formula is C18H18FNO3S. The van der Waals surface area contributed by atoms with E-state index in [9.17, 15) is 14.0 Å². The van der Waals surface area contributed by atoms with Gasteiger partial charge < -0.3 is 10.1 Å². The number of thioether (sulfide) groups is 1. The zero-order valence-electron chi connectivity index (χ0n) is 13.2. The number of anilines is 1. The Morgan fingerprint density at radius 1 is 1.12 bits per heavy atom. The van der Waals surface area contributed by atoms with E-state index in [0.717, 1.165) is 4.90 Å². The van der Waals surface area contributed by atoms with Crippen molar-refractivity contribution in [2.75, 3.05) is 11.1 Å². The van der Waals surface area contributed by atoms with Gasteiger partial charge in [-0.25, -0.2) is 4.39 Å². The number of ether oxygens (including phenoxy) is 1. The number of hydrogen-bond acceptors (Lipinski definition) is 4. The summed E-state index contributed by atoms with van der Waals surface area (Å²) in [4.78, 5) is 24.6. The molecule has 0 saturated carbocycles. The fraction of sp³-hybridized carbons (Fsp3) is 0.222. The Hall–Kier alpha value is -2.34. The van der Waals surface area contributed by atoms with Gasteiger partial charge in [0.1, 0.15) is 5.82 Å². The lowest BCUT2D eigenvalue weighted by Gasteiger charge is -2.13. The van der Waals surface area contributed by atoms with Crippen molar-refractivity contribution in [2.24, 2.45) is 0 Å². The lowest BCUT2D eigenvalue weighted by Crippen LogP contribution is -2.30. The van der Waals surface area contributed by atoms with Crippen LogP contribution in [0.4, 0.5) is 10.1 Å². The maximum atomic E-state index is 12.8. The first-order chi connectivity index (χ1) is 11.5. The minimum Gasteiger partial charge on any atom is -0.453 e. The predicted octanol–water partition coefficient (Wildman–Crippen LogP) is 3.88. The standard InChI is InChI=1S/C18H18FNO3S/c1-13(18(22)20-15-5-3-2-4-6-15)23-17(21)11-12-24-16-9-7-14(19)8-10-16/h2-10,13H,11-12H2,1H3,(H,20,22)/t13-/m1/s1. The first-order valence-corrected chi connectivity index (χ1v) is 8.47. The third-order valence-electron chi connectivity index (χ3n) is 3.11. The van der Waals surface area contributed by atoms with Gasteiger partial charge in [0, 0.05) is 16.3 Å². The molecule has 0 heterocycles. The molecule has 24 heavy (non-hydrogen) atoms. The molecule has 1 amide bonds. The number of nitrogens with one attached hydrogen (secondary N) is 1. The van der Waals surface area contributed by atoms with Gasteiger partial charge in [-0.3, -0.25) is 9.59 Å². The summed E-state index contributed by atoms with van der Waals surface area (Å²) in [6.07, 6.45) is -0.695. The topological polar surface area (TPSA) is 55.4 Å². The lowest BCUT2D eigenvalue weighted by atomic mass is 10.3. The van der Waals surface area contributed by atoms with Crippen molar-refractivity contribution < 1.29 is 18.7 Å². The summed E-state index contributed by atoms with van der Waals surface area (Å²) in [5.41, 5.74) is 0.650. The lowest BCUT2D eigenvalue weighted by molar-refractivity contribution is -0.152. The molecular weight excluding hydrogens is 329 g/mol. The molecule has 0 aliphatic heterocycles. The molecule has 2 rings (SSSR count). The molecule has 0 aromatic heterocycles. The molecule has 0 aliphatic carbocycles. The monoisotopic (exact) mass is 347 g/mol. The van der Waals surface area contributed by atoms with E-state index in [4.69, 9.17) is 4.74 Å². The van der Waals surface area contributed by atoms with Crippen LogP contribution in [0.15, 0.2) is 59.5 Å². The highest BCUT2D eigenvalue weighted by atomic mass is 32.2. The average molecular weight is 347 g/mol. The number of hydrogen-bond donors (Lipinski definition) is 1. The maximum absolute atomic E-state index is 12.8. The van der Waals surface area contributed by atoms with Crippen molar-refractivity contribution in [2.45, 2.75) is 24.3 Å². The van der Waals surface area contributed by atoms with Gasteiger partial charge in [-0.1, -0.05) is 18.2 Å². The molecule has 1 N–H and O–H groups in total. The van der Waals surface area contributed by atoms with Crippen LogP contribution in [0.25, 0.3) is 0 Å². The smallest absolute Gasteiger partial charge is 0.307 e. The van der Waals surface area contributed by atoms with Crippen LogP contribution >= 0.6 is 11.8 Å². The molecule has 0 radical (unpaired) electrons. The van der Waals surface area contributed by atoms with Crippen LogP contribution < -0.4 is 5.32 Å². The van der Waals surface area contributed by atoms with Crippen molar-refractivity contribution >= 4 is 29.3 Å². The second-order valence-corrected chi connectivity index (χ2v) is 6.21. The molecule has 0 aliphatic rings. The van der Waals surface area contributed by atoms with Crippen molar-refractivity contribution in [3.8, 4) is 0 Å². The minimum absolute atomic E-state index is 0.172. The van der Waals surface area contributed by atoms with Crippen LogP contribution in [0.2, 0.25) is 0 Å². The van der Waals surface area contributed by atoms with Crippen LogP contribution in [-0.2, 0) is 14.3 Å². The number of para-hydroxylation sites is 1. The molecule has 126 valence electrons. The van der Waals surface area contributed by atoms with Crippen molar-refractivity contribution in [3.63, 3.8) is 0 Å². The molecule has 2 aromatic rings. The minimum atomic E-state index is -0.867. The Morgan fingerprint density at radius 3 is 2.46 bits per heavy atom. The highest BCUT2D eigenvalue weighted by Crippen LogP contribution is 2.19. The second kappa shape index (κ2) is 9.08. The fourth-order valence-corrected chi connectivity index (χ4v) is 2.69. The van der Waals surface area contributed by atoms with E-state index in [-0.39, 0.29) is 18.1 Å². The van der Waals surface area contributed by atoms with Gasteiger partial charge in [0.15, 0.2) is 6.10 Å². The van der Waals surface area contributed by atoms with E-state index in [0.29, 0.717) is 11.4 Å². The Kier molecular flexibility index (Phi) is 6.81. The highest BCUT2D eigenvalue weighted by molar-refractivity contribution is 7.99. The number of halogens is 1. The van der Waals surface area contributed by atoms with Crippen LogP contribution in [0.5, 0.6) is 0 Å². The molecule has 4 nitrogen and oxygen atoms in total. The molecule has 0 spiro atoms. The van der Waals surface area contributed by atoms with Gasteiger partial charge in [0.25, 0.3) is 5.91 Å². The Bertz CT molecular complexity index is 676. The summed E-state index contributed by atoms with van der Waals surface area (Å²) >= 11 is 1.43. The van der Waals surface area contributed by atoms with Crippen LogP contribution in [0, 0.1) is 5.82 Å². The summed E-state index contributed by atoms with van der Waals surface area (Å²) in [6.45, 7) is 1.53. The van der Waals surface area contributed by atoms with Gasteiger partial charge in [-0.15, -0.1) is 11.8 Å². The molecule has 0 fully saturated rings. The maximum Gasteiger partial charge on any atom is 0.307 e. The Balaban J connectivity index is 1.71. The third kappa shape index (κ3) is 6.04.